The summed E-state index contributed by atoms with van der Waals surface area (Å²) in [6, 6.07) is 3.17. The summed E-state index contributed by atoms with van der Waals surface area (Å²) in [6.07, 6.45) is 6.70. The predicted molar refractivity (Wildman–Crippen MR) is 75.9 cm³/mol. The average molecular weight is 287 g/mol. The van der Waals surface area contributed by atoms with Gasteiger partial charge in [-0.05, 0) is 18.9 Å². The molecule has 0 aromatic carbocycles. The van der Waals surface area contributed by atoms with Crippen LogP contribution in [0.25, 0.3) is 0 Å². The van der Waals surface area contributed by atoms with Crippen molar-refractivity contribution in [2.24, 2.45) is 7.05 Å². The number of likely N-dealkylation sites (tertiary alicyclic amines) is 1. The molecule has 0 saturated carbocycles. The first-order valence-electron chi connectivity index (χ1n) is 6.95. The average Bonchev–Trinajstić information content (AvgIpc) is 3.04. The summed E-state index contributed by atoms with van der Waals surface area (Å²) in [7, 11) is 1.65. The predicted octanol–water partition coefficient (Wildman–Crippen LogP) is 0.454. The minimum absolute atomic E-state index is 0.0459. The molecule has 7 nitrogen and oxygen atoms in total. The number of amides is 1. The van der Waals surface area contributed by atoms with E-state index in [9.17, 15) is 9.59 Å². The molecule has 0 radical (unpaired) electrons. The van der Waals surface area contributed by atoms with Crippen molar-refractivity contribution in [3.05, 3.63) is 46.9 Å². The molecule has 1 aliphatic heterocycles. The highest BCUT2D eigenvalue weighted by atomic mass is 16.2. The molecule has 7 heteroatoms. The van der Waals surface area contributed by atoms with Crippen LogP contribution in [0.4, 0.5) is 0 Å². The van der Waals surface area contributed by atoms with E-state index in [4.69, 9.17) is 0 Å². The standard InChI is InChI=1S/C14H17N5O2/c1-17-7-11(4-5-13(17)20)14(21)18-6-2-3-12(8-18)19-10-15-9-16-19/h4-5,7,9-10,12H,2-3,6,8H2,1H3/t12-/m0/s1. The molecule has 2 aromatic heterocycles. The Morgan fingerprint density at radius 1 is 1.38 bits per heavy atom. The van der Waals surface area contributed by atoms with Gasteiger partial charge in [0.2, 0.25) is 5.56 Å². The largest absolute Gasteiger partial charge is 0.336 e. The SMILES string of the molecule is Cn1cc(C(=O)N2CCC[C@H](n3cncn3)C2)ccc1=O. The number of rotatable bonds is 2. The first-order valence-corrected chi connectivity index (χ1v) is 6.95. The van der Waals surface area contributed by atoms with Crippen LogP contribution in [0.3, 0.4) is 0 Å². The minimum atomic E-state index is -0.120. The van der Waals surface area contributed by atoms with Crippen molar-refractivity contribution >= 4 is 5.91 Å². The third kappa shape index (κ3) is 2.72. The maximum atomic E-state index is 12.5. The lowest BCUT2D eigenvalue weighted by Gasteiger charge is -2.32. The van der Waals surface area contributed by atoms with Crippen LogP contribution in [0, 0.1) is 0 Å². The maximum absolute atomic E-state index is 12.5. The molecule has 1 saturated heterocycles. The van der Waals surface area contributed by atoms with Gasteiger partial charge in [-0.3, -0.25) is 9.59 Å². The van der Waals surface area contributed by atoms with Gasteiger partial charge in [0.1, 0.15) is 12.7 Å². The van der Waals surface area contributed by atoms with Gasteiger partial charge in [-0.25, -0.2) is 9.67 Å². The van der Waals surface area contributed by atoms with Gasteiger partial charge in [-0.2, -0.15) is 5.10 Å². The molecule has 1 fully saturated rings. The van der Waals surface area contributed by atoms with Gasteiger partial charge in [0.05, 0.1) is 11.6 Å². The van der Waals surface area contributed by atoms with E-state index in [-0.39, 0.29) is 17.5 Å². The van der Waals surface area contributed by atoms with E-state index in [0.29, 0.717) is 12.1 Å². The van der Waals surface area contributed by atoms with Crippen molar-refractivity contribution in [1.82, 2.24) is 24.2 Å². The van der Waals surface area contributed by atoms with E-state index in [1.54, 1.807) is 30.3 Å². The smallest absolute Gasteiger partial charge is 0.255 e. The number of hydrogen-bond acceptors (Lipinski definition) is 4. The fraction of sp³-hybridized carbons (Fsp3) is 0.429. The molecule has 1 atom stereocenters. The van der Waals surface area contributed by atoms with Crippen molar-refractivity contribution in [2.45, 2.75) is 18.9 Å². The minimum Gasteiger partial charge on any atom is -0.336 e. The van der Waals surface area contributed by atoms with Gasteiger partial charge in [-0.15, -0.1) is 0 Å². The summed E-state index contributed by atoms with van der Waals surface area (Å²) in [5, 5.41) is 4.15. The molecule has 3 rings (SSSR count). The molecule has 0 N–H and O–H groups in total. The number of pyridine rings is 1. The summed E-state index contributed by atoms with van der Waals surface area (Å²) in [5.41, 5.74) is 0.419. The number of aryl methyl sites for hydroxylation is 1. The van der Waals surface area contributed by atoms with Crippen LogP contribution in [0.2, 0.25) is 0 Å². The lowest BCUT2D eigenvalue weighted by Crippen LogP contribution is -2.41. The van der Waals surface area contributed by atoms with Gasteiger partial charge >= 0.3 is 0 Å². The highest BCUT2D eigenvalue weighted by Gasteiger charge is 2.26. The molecule has 21 heavy (non-hydrogen) atoms. The Morgan fingerprint density at radius 2 is 2.24 bits per heavy atom. The number of carbonyl (C=O) groups excluding carboxylic acids is 1. The van der Waals surface area contributed by atoms with E-state index in [0.717, 1.165) is 19.4 Å². The van der Waals surface area contributed by atoms with Crippen LogP contribution in [0.5, 0.6) is 0 Å². The Morgan fingerprint density at radius 3 is 2.95 bits per heavy atom. The highest BCUT2D eigenvalue weighted by molar-refractivity contribution is 5.94. The van der Waals surface area contributed by atoms with Crippen molar-refractivity contribution in [1.29, 1.82) is 0 Å². The van der Waals surface area contributed by atoms with Crippen molar-refractivity contribution in [2.75, 3.05) is 13.1 Å². The molecule has 3 heterocycles. The van der Waals surface area contributed by atoms with E-state index < -0.39 is 0 Å². The monoisotopic (exact) mass is 287 g/mol. The normalized spacial score (nSPS) is 18.7. The third-order valence-corrected chi connectivity index (χ3v) is 3.83. The third-order valence-electron chi connectivity index (χ3n) is 3.83. The fourth-order valence-electron chi connectivity index (χ4n) is 2.66. The van der Waals surface area contributed by atoms with Gasteiger partial charge in [0.25, 0.3) is 5.91 Å². The number of aromatic nitrogens is 4. The number of hydrogen-bond donors (Lipinski definition) is 0. The molecule has 2 aromatic rings. The van der Waals surface area contributed by atoms with Crippen LogP contribution in [0.15, 0.2) is 35.8 Å². The molecular weight excluding hydrogens is 270 g/mol. The van der Waals surface area contributed by atoms with Crippen LogP contribution in [0.1, 0.15) is 29.2 Å². The Bertz CT molecular complexity index is 692. The molecular formula is C14H17N5O2. The highest BCUT2D eigenvalue weighted by Crippen LogP contribution is 2.21. The maximum Gasteiger partial charge on any atom is 0.255 e. The van der Waals surface area contributed by atoms with Crippen molar-refractivity contribution in [3.63, 3.8) is 0 Å². The van der Waals surface area contributed by atoms with Crippen LogP contribution < -0.4 is 5.56 Å². The van der Waals surface area contributed by atoms with E-state index in [1.807, 2.05) is 4.90 Å². The fourth-order valence-corrected chi connectivity index (χ4v) is 2.66. The summed E-state index contributed by atoms with van der Waals surface area (Å²) >= 11 is 0. The molecule has 0 aliphatic carbocycles. The van der Waals surface area contributed by atoms with Crippen LogP contribution in [-0.4, -0.2) is 43.2 Å². The number of carbonyl (C=O) groups is 1. The Labute approximate surface area is 121 Å². The molecule has 0 spiro atoms. The summed E-state index contributed by atoms with van der Waals surface area (Å²) in [6.45, 7) is 1.35. The zero-order valence-electron chi connectivity index (χ0n) is 11.8. The molecule has 110 valence electrons. The Hall–Kier alpha value is -2.44. The van der Waals surface area contributed by atoms with Crippen LogP contribution >= 0.6 is 0 Å². The summed E-state index contributed by atoms with van der Waals surface area (Å²) < 4.78 is 3.23. The molecule has 1 aliphatic rings. The summed E-state index contributed by atoms with van der Waals surface area (Å²) in [5.74, 6) is -0.0459. The number of nitrogens with zero attached hydrogens (tertiary/aromatic N) is 5. The second-order valence-electron chi connectivity index (χ2n) is 5.29. The zero-order valence-corrected chi connectivity index (χ0v) is 11.8. The first kappa shape index (κ1) is 13.5. The Kier molecular flexibility index (Phi) is 3.55. The second kappa shape index (κ2) is 5.51. The molecule has 1 amide bonds. The molecule has 0 unspecified atom stereocenters. The Balaban J connectivity index is 1.78. The van der Waals surface area contributed by atoms with E-state index in [1.165, 1.54) is 17.0 Å². The van der Waals surface area contributed by atoms with Crippen molar-refractivity contribution < 1.29 is 4.79 Å². The number of piperidine rings is 1. The van der Waals surface area contributed by atoms with Gasteiger partial charge in [0.15, 0.2) is 0 Å². The molecule has 0 bridgehead atoms. The van der Waals surface area contributed by atoms with E-state index in [2.05, 4.69) is 10.1 Å². The lowest BCUT2D eigenvalue weighted by molar-refractivity contribution is 0.0672. The first-order chi connectivity index (χ1) is 10.1. The second-order valence-corrected chi connectivity index (χ2v) is 5.29. The quantitative estimate of drug-likeness (QED) is 0.804. The van der Waals surface area contributed by atoms with E-state index >= 15 is 0 Å². The van der Waals surface area contributed by atoms with Gasteiger partial charge in [-0.1, -0.05) is 0 Å². The topological polar surface area (TPSA) is 73.0 Å². The van der Waals surface area contributed by atoms with Crippen molar-refractivity contribution in [3.8, 4) is 0 Å². The lowest BCUT2D eigenvalue weighted by atomic mass is 10.1. The van der Waals surface area contributed by atoms with Gasteiger partial charge < -0.3 is 9.47 Å². The zero-order chi connectivity index (χ0) is 14.8. The summed E-state index contributed by atoms with van der Waals surface area (Å²) in [4.78, 5) is 29.7. The van der Waals surface area contributed by atoms with Gasteiger partial charge in [0, 0.05) is 32.4 Å². The van der Waals surface area contributed by atoms with Crippen LogP contribution in [-0.2, 0) is 7.05 Å².